The number of ether oxygens (including phenoxy) is 1. The van der Waals surface area contributed by atoms with Crippen LogP contribution in [0.5, 0.6) is 0 Å². The van der Waals surface area contributed by atoms with Gasteiger partial charge in [0.1, 0.15) is 0 Å². The molecule has 2 aromatic carbocycles. The maximum absolute atomic E-state index is 12.4. The molecule has 1 aliphatic heterocycles. The van der Waals surface area contributed by atoms with Gasteiger partial charge in [-0.25, -0.2) is 0 Å². The second-order valence-corrected chi connectivity index (χ2v) is 8.63. The fourth-order valence-corrected chi connectivity index (χ4v) is 3.86. The van der Waals surface area contributed by atoms with Gasteiger partial charge in [-0.05, 0) is 37.0 Å². The highest BCUT2D eigenvalue weighted by Crippen LogP contribution is 2.17. The van der Waals surface area contributed by atoms with Crippen LogP contribution in [0.3, 0.4) is 0 Å². The minimum atomic E-state index is 0.219. The Bertz CT molecular complexity index is 882. The van der Waals surface area contributed by atoms with E-state index in [1.165, 1.54) is 16.7 Å². The number of rotatable bonds is 10. The molecular weight excluding hydrogens is 400 g/mol. The molecule has 0 aliphatic carbocycles. The van der Waals surface area contributed by atoms with Crippen molar-refractivity contribution in [1.29, 1.82) is 0 Å². The molecule has 0 bridgehead atoms. The predicted octanol–water partition coefficient (Wildman–Crippen LogP) is 3.37. The summed E-state index contributed by atoms with van der Waals surface area (Å²) in [5.41, 5.74) is 3.62. The lowest BCUT2D eigenvalue weighted by molar-refractivity contribution is -0.127. The molecule has 32 heavy (non-hydrogen) atoms. The van der Waals surface area contributed by atoms with Crippen LogP contribution in [0.2, 0.25) is 0 Å². The topological polar surface area (TPSA) is 66.0 Å². The van der Waals surface area contributed by atoms with Gasteiger partial charge in [0.25, 0.3) is 0 Å². The highest BCUT2D eigenvalue weighted by Gasteiger charge is 2.29. The number of hydrogen-bond acceptors (Lipinski definition) is 3. The molecule has 1 heterocycles. The van der Waals surface area contributed by atoms with Gasteiger partial charge in [0, 0.05) is 45.6 Å². The molecule has 1 atom stereocenters. The number of nitrogens with zero attached hydrogens (tertiary/aromatic N) is 2. The molecule has 172 valence electrons. The van der Waals surface area contributed by atoms with Gasteiger partial charge in [0.2, 0.25) is 5.91 Å². The molecule has 0 radical (unpaired) electrons. The Morgan fingerprint density at radius 3 is 2.59 bits per heavy atom. The Morgan fingerprint density at radius 2 is 1.84 bits per heavy atom. The second-order valence-electron chi connectivity index (χ2n) is 8.63. The summed E-state index contributed by atoms with van der Waals surface area (Å²) in [6.07, 6.45) is 1.71. The lowest BCUT2D eigenvalue weighted by Crippen LogP contribution is -2.40. The Balaban J connectivity index is 1.41. The first-order chi connectivity index (χ1) is 15.5. The molecule has 2 aromatic rings. The first kappa shape index (κ1) is 23.8. The monoisotopic (exact) mass is 436 g/mol. The van der Waals surface area contributed by atoms with Gasteiger partial charge in [-0.2, -0.15) is 0 Å². The first-order valence-corrected chi connectivity index (χ1v) is 11.5. The number of nitrogens with one attached hydrogen (secondary N) is 2. The van der Waals surface area contributed by atoms with Crippen LogP contribution in [0.4, 0.5) is 0 Å². The molecule has 1 unspecified atom stereocenters. The third-order valence-electron chi connectivity index (χ3n) is 5.62. The zero-order chi connectivity index (χ0) is 22.8. The van der Waals surface area contributed by atoms with E-state index in [0.717, 1.165) is 32.0 Å². The van der Waals surface area contributed by atoms with E-state index < -0.39 is 0 Å². The third-order valence-corrected chi connectivity index (χ3v) is 5.62. The van der Waals surface area contributed by atoms with Crippen molar-refractivity contribution in [3.05, 3.63) is 71.3 Å². The summed E-state index contributed by atoms with van der Waals surface area (Å²) in [4.78, 5) is 18.7. The summed E-state index contributed by atoms with van der Waals surface area (Å²) in [7, 11) is 1.77. The van der Waals surface area contributed by atoms with E-state index in [4.69, 9.17) is 4.74 Å². The van der Waals surface area contributed by atoms with Gasteiger partial charge in [0.05, 0.1) is 12.7 Å². The van der Waals surface area contributed by atoms with Crippen LogP contribution in [0, 0.1) is 5.92 Å². The fourth-order valence-electron chi connectivity index (χ4n) is 3.86. The van der Waals surface area contributed by atoms with E-state index in [1.807, 2.05) is 36.9 Å². The normalized spacial score (nSPS) is 16.6. The van der Waals surface area contributed by atoms with Crippen LogP contribution >= 0.6 is 0 Å². The molecular formula is C26H36N4O2. The molecule has 6 nitrogen and oxygen atoms in total. The van der Waals surface area contributed by atoms with E-state index in [1.54, 1.807) is 7.05 Å². The van der Waals surface area contributed by atoms with Gasteiger partial charge < -0.3 is 20.3 Å². The summed E-state index contributed by atoms with van der Waals surface area (Å²) in [5.74, 6) is 1.30. The van der Waals surface area contributed by atoms with Crippen LogP contribution < -0.4 is 10.6 Å². The zero-order valence-electron chi connectivity index (χ0n) is 19.5. The van der Waals surface area contributed by atoms with E-state index in [-0.39, 0.29) is 12.0 Å². The van der Waals surface area contributed by atoms with Crippen molar-refractivity contribution in [3.63, 3.8) is 0 Å². The van der Waals surface area contributed by atoms with Crippen LogP contribution in [0.15, 0.2) is 59.6 Å². The van der Waals surface area contributed by atoms with Crippen molar-refractivity contribution in [3.8, 4) is 0 Å². The van der Waals surface area contributed by atoms with E-state index >= 15 is 0 Å². The quantitative estimate of drug-likeness (QED) is 0.443. The maximum atomic E-state index is 12.4. The smallest absolute Gasteiger partial charge is 0.223 e. The van der Waals surface area contributed by atoms with Gasteiger partial charge >= 0.3 is 0 Å². The van der Waals surface area contributed by atoms with Gasteiger partial charge in [0.15, 0.2) is 5.96 Å². The molecule has 1 amide bonds. The van der Waals surface area contributed by atoms with Crippen molar-refractivity contribution in [2.45, 2.75) is 45.9 Å². The predicted molar refractivity (Wildman–Crippen MR) is 129 cm³/mol. The summed E-state index contributed by atoms with van der Waals surface area (Å²) < 4.78 is 5.70. The number of likely N-dealkylation sites (tertiary alicyclic amines) is 1. The van der Waals surface area contributed by atoms with Crippen molar-refractivity contribution < 1.29 is 9.53 Å². The number of amides is 1. The zero-order valence-corrected chi connectivity index (χ0v) is 19.5. The lowest BCUT2D eigenvalue weighted by Gasteiger charge is -2.18. The number of hydrogen-bond donors (Lipinski definition) is 2. The summed E-state index contributed by atoms with van der Waals surface area (Å²) in [6.45, 7) is 7.70. The minimum Gasteiger partial charge on any atom is -0.374 e. The van der Waals surface area contributed by atoms with Crippen LogP contribution in [-0.2, 0) is 29.1 Å². The summed E-state index contributed by atoms with van der Waals surface area (Å²) >= 11 is 0. The van der Waals surface area contributed by atoms with E-state index in [2.05, 4.69) is 52.0 Å². The first-order valence-electron chi connectivity index (χ1n) is 11.5. The Kier molecular flexibility index (Phi) is 9.11. The average Bonchev–Trinajstić information content (AvgIpc) is 3.16. The number of guanidine groups is 1. The molecule has 1 fully saturated rings. The molecule has 6 heteroatoms. The Hall–Kier alpha value is -2.86. The van der Waals surface area contributed by atoms with Gasteiger partial charge in [-0.1, -0.05) is 54.6 Å². The van der Waals surface area contributed by atoms with E-state index in [0.29, 0.717) is 25.5 Å². The van der Waals surface area contributed by atoms with Gasteiger partial charge in [-0.15, -0.1) is 0 Å². The fraction of sp³-hybridized carbons (Fsp3) is 0.462. The molecule has 0 aromatic heterocycles. The standard InChI is InChI=1S/C26H36N4O2/c1-20(2)32-19-23-11-7-10-22(14-23)16-28-26(27-3)29-17-24-15-25(31)30(18-24)13-12-21-8-5-4-6-9-21/h4-11,14,20,24H,12-13,15-19H2,1-3H3,(H2,27,28,29). The SMILES string of the molecule is CN=C(NCc1cccc(COC(C)C)c1)NCC1CC(=O)N(CCc2ccccc2)C1. The molecule has 1 saturated heterocycles. The van der Waals surface area contributed by atoms with Crippen LogP contribution in [-0.4, -0.2) is 49.6 Å². The van der Waals surface area contributed by atoms with Crippen molar-refractivity contribution in [2.75, 3.05) is 26.7 Å². The van der Waals surface area contributed by atoms with Crippen LogP contribution in [0.1, 0.15) is 37.0 Å². The lowest BCUT2D eigenvalue weighted by atomic mass is 10.1. The highest BCUT2D eigenvalue weighted by atomic mass is 16.5. The van der Waals surface area contributed by atoms with Crippen LogP contribution in [0.25, 0.3) is 0 Å². The molecule has 0 saturated carbocycles. The maximum Gasteiger partial charge on any atom is 0.223 e. The largest absolute Gasteiger partial charge is 0.374 e. The van der Waals surface area contributed by atoms with E-state index in [9.17, 15) is 4.79 Å². The highest BCUT2D eigenvalue weighted by molar-refractivity contribution is 5.80. The molecule has 2 N–H and O–H groups in total. The summed E-state index contributed by atoms with van der Waals surface area (Å²) in [6, 6.07) is 18.7. The average molecular weight is 437 g/mol. The molecule has 0 spiro atoms. The number of aliphatic imine (C=N–C) groups is 1. The number of carbonyl (C=O) groups is 1. The molecule has 1 aliphatic rings. The summed E-state index contributed by atoms with van der Waals surface area (Å²) in [5, 5.41) is 6.76. The second kappa shape index (κ2) is 12.2. The third kappa shape index (κ3) is 7.68. The van der Waals surface area contributed by atoms with Crippen molar-refractivity contribution >= 4 is 11.9 Å². The number of carbonyl (C=O) groups excluding carboxylic acids is 1. The minimum absolute atomic E-state index is 0.219. The Morgan fingerprint density at radius 1 is 1.09 bits per heavy atom. The van der Waals surface area contributed by atoms with Crippen molar-refractivity contribution in [1.82, 2.24) is 15.5 Å². The molecule has 3 rings (SSSR count). The number of benzene rings is 2. The van der Waals surface area contributed by atoms with Gasteiger partial charge in [-0.3, -0.25) is 9.79 Å². The Labute approximate surface area is 192 Å². The van der Waals surface area contributed by atoms with Crippen molar-refractivity contribution in [2.24, 2.45) is 10.9 Å².